The van der Waals surface area contributed by atoms with Gasteiger partial charge in [-0.25, -0.2) is 9.78 Å². The largest absolute Gasteiger partial charge is 0.416 e. The lowest BCUT2D eigenvalue weighted by Gasteiger charge is -2.27. The minimum Gasteiger partial charge on any atom is -0.312 e. The van der Waals surface area contributed by atoms with Crippen LogP contribution >= 0.6 is 0 Å². The van der Waals surface area contributed by atoms with Crippen LogP contribution in [-0.2, 0) is 12.7 Å². The van der Waals surface area contributed by atoms with Gasteiger partial charge in [-0.1, -0.05) is 12.1 Å². The summed E-state index contributed by atoms with van der Waals surface area (Å²) in [6.45, 7) is 1.43. The number of hydrogen-bond donors (Lipinski definition) is 2. The number of pyridine rings is 1. The van der Waals surface area contributed by atoms with Gasteiger partial charge in [0.15, 0.2) is 5.65 Å². The zero-order chi connectivity index (χ0) is 17.6. The van der Waals surface area contributed by atoms with Crippen LogP contribution < -0.4 is 11.0 Å². The molecule has 5 nitrogen and oxygen atoms in total. The molecule has 1 unspecified atom stereocenters. The first-order valence-electron chi connectivity index (χ1n) is 7.91. The molecule has 0 amide bonds. The number of alkyl halides is 3. The number of nitrogens with one attached hydrogen (secondary N) is 2. The molecule has 1 aliphatic rings. The van der Waals surface area contributed by atoms with E-state index in [-0.39, 0.29) is 11.7 Å². The average Bonchev–Trinajstić information content (AvgIpc) is 2.85. The summed E-state index contributed by atoms with van der Waals surface area (Å²) in [6.07, 6.45) is -1.95. The topological polar surface area (TPSA) is 62.7 Å². The summed E-state index contributed by atoms with van der Waals surface area (Å²) < 4.78 is 40.3. The van der Waals surface area contributed by atoms with Gasteiger partial charge in [0.1, 0.15) is 0 Å². The van der Waals surface area contributed by atoms with Crippen molar-refractivity contribution >= 4 is 11.2 Å². The highest BCUT2D eigenvalue weighted by atomic mass is 19.4. The van der Waals surface area contributed by atoms with Gasteiger partial charge in [0.05, 0.1) is 11.1 Å². The van der Waals surface area contributed by atoms with Crippen LogP contribution in [0.2, 0.25) is 0 Å². The van der Waals surface area contributed by atoms with Crippen LogP contribution in [0, 0.1) is 0 Å². The molecule has 1 saturated heterocycles. The van der Waals surface area contributed by atoms with E-state index in [2.05, 4.69) is 15.3 Å². The predicted octanol–water partition coefficient (Wildman–Crippen LogP) is 2.77. The molecule has 2 aromatic heterocycles. The molecule has 0 aliphatic carbocycles. The first kappa shape index (κ1) is 15.9. The third-order valence-corrected chi connectivity index (χ3v) is 4.48. The summed E-state index contributed by atoms with van der Waals surface area (Å²) in [4.78, 5) is 19.0. The van der Waals surface area contributed by atoms with Gasteiger partial charge in [-0.3, -0.25) is 9.55 Å². The molecule has 3 aromatic rings. The summed E-state index contributed by atoms with van der Waals surface area (Å²) in [5, 5.41) is 3.23. The van der Waals surface area contributed by atoms with Crippen LogP contribution in [-0.4, -0.2) is 27.1 Å². The summed E-state index contributed by atoms with van der Waals surface area (Å²) >= 11 is 0. The number of rotatable bonds is 3. The Labute approximate surface area is 140 Å². The van der Waals surface area contributed by atoms with E-state index in [4.69, 9.17) is 0 Å². The Hall–Kier alpha value is -2.61. The minimum atomic E-state index is -4.40. The van der Waals surface area contributed by atoms with Crippen molar-refractivity contribution in [1.29, 1.82) is 0 Å². The molecule has 25 heavy (non-hydrogen) atoms. The van der Waals surface area contributed by atoms with Gasteiger partial charge < -0.3 is 5.32 Å². The van der Waals surface area contributed by atoms with Crippen molar-refractivity contribution in [3.8, 4) is 11.1 Å². The number of imidazole rings is 1. The Morgan fingerprint density at radius 2 is 2.04 bits per heavy atom. The fourth-order valence-corrected chi connectivity index (χ4v) is 2.97. The standard InChI is InChI=1S/C17H15F3N4O/c18-17(19,20)12-3-1-2-10(6-12)11-7-14-15(22-8-11)23-16(25)24(14)9-13-4-5-21-13/h1-3,6-8,13,21H,4-5,9H2,(H,22,23,25). The molecule has 1 atom stereocenters. The maximum atomic E-state index is 12.9. The van der Waals surface area contributed by atoms with E-state index >= 15 is 0 Å². The molecular weight excluding hydrogens is 333 g/mol. The molecule has 8 heteroatoms. The Morgan fingerprint density at radius 3 is 2.72 bits per heavy atom. The van der Waals surface area contributed by atoms with Crippen LogP contribution in [0.25, 0.3) is 22.3 Å². The van der Waals surface area contributed by atoms with Crippen LogP contribution in [0.5, 0.6) is 0 Å². The predicted molar refractivity (Wildman–Crippen MR) is 87.2 cm³/mol. The smallest absolute Gasteiger partial charge is 0.312 e. The minimum absolute atomic E-state index is 0.230. The molecule has 4 rings (SSSR count). The van der Waals surface area contributed by atoms with Gasteiger partial charge in [0, 0.05) is 24.3 Å². The van der Waals surface area contributed by atoms with E-state index in [1.54, 1.807) is 16.7 Å². The zero-order valence-electron chi connectivity index (χ0n) is 13.1. The number of H-pyrrole nitrogens is 1. The van der Waals surface area contributed by atoms with Crippen LogP contribution in [0.1, 0.15) is 12.0 Å². The zero-order valence-corrected chi connectivity index (χ0v) is 13.1. The van der Waals surface area contributed by atoms with E-state index < -0.39 is 11.7 Å². The first-order valence-corrected chi connectivity index (χ1v) is 7.91. The van der Waals surface area contributed by atoms with Gasteiger partial charge in [-0.2, -0.15) is 13.2 Å². The summed E-state index contributed by atoms with van der Waals surface area (Å²) in [5.41, 5.74) is 0.986. The average molecular weight is 348 g/mol. The van der Waals surface area contributed by atoms with Gasteiger partial charge in [-0.05, 0) is 36.7 Å². The van der Waals surface area contributed by atoms with Gasteiger partial charge in [0.2, 0.25) is 0 Å². The van der Waals surface area contributed by atoms with Crippen molar-refractivity contribution in [3.05, 3.63) is 52.6 Å². The molecule has 2 N–H and O–H groups in total. The van der Waals surface area contributed by atoms with E-state index in [1.807, 2.05) is 0 Å². The monoisotopic (exact) mass is 348 g/mol. The van der Waals surface area contributed by atoms with Crippen LogP contribution in [0.3, 0.4) is 0 Å². The SMILES string of the molecule is O=c1[nH]c2ncc(-c3cccc(C(F)(F)F)c3)cc2n1CC1CCN1. The maximum absolute atomic E-state index is 12.9. The summed E-state index contributed by atoms with van der Waals surface area (Å²) in [5.74, 6) is 0. The molecule has 0 bridgehead atoms. The van der Waals surface area contributed by atoms with Crippen molar-refractivity contribution in [2.24, 2.45) is 0 Å². The maximum Gasteiger partial charge on any atom is 0.416 e. The Morgan fingerprint density at radius 1 is 1.24 bits per heavy atom. The van der Waals surface area contributed by atoms with Gasteiger partial charge >= 0.3 is 11.9 Å². The highest BCUT2D eigenvalue weighted by Gasteiger charge is 2.30. The van der Waals surface area contributed by atoms with Crippen LogP contribution in [0.4, 0.5) is 13.2 Å². The van der Waals surface area contributed by atoms with Crippen LogP contribution in [0.15, 0.2) is 41.3 Å². The Kier molecular flexibility index (Phi) is 3.64. The summed E-state index contributed by atoms with van der Waals surface area (Å²) in [6, 6.07) is 7.02. The van der Waals surface area contributed by atoms with E-state index in [9.17, 15) is 18.0 Å². The van der Waals surface area contributed by atoms with Crippen molar-refractivity contribution in [2.45, 2.75) is 25.2 Å². The fraction of sp³-hybridized carbons (Fsp3) is 0.294. The molecule has 1 aliphatic heterocycles. The number of fused-ring (bicyclic) bond motifs is 1. The van der Waals surface area contributed by atoms with Crippen molar-refractivity contribution < 1.29 is 13.2 Å². The van der Waals surface area contributed by atoms with Crippen molar-refractivity contribution in [2.75, 3.05) is 6.54 Å². The lowest BCUT2D eigenvalue weighted by Crippen LogP contribution is -2.46. The second-order valence-corrected chi connectivity index (χ2v) is 6.15. The first-order chi connectivity index (χ1) is 11.9. The van der Waals surface area contributed by atoms with Crippen molar-refractivity contribution in [1.82, 2.24) is 19.9 Å². The molecule has 1 fully saturated rings. The second-order valence-electron chi connectivity index (χ2n) is 6.15. The number of halogens is 3. The number of nitrogens with zero attached hydrogens (tertiary/aromatic N) is 2. The number of aromatic amines is 1. The number of aromatic nitrogens is 3. The van der Waals surface area contributed by atoms with Gasteiger partial charge in [0.25, 0.3) is 0 Å². The summed E-state index contributed by atoms with van der Waals surface area (Å²) in [7, 11) is 0. The molecule has 1 aromatic carbocycles. The normalized spacial score (nSPS) is 17.6. The molecule has 3 heterocycles. The second kappa shape index (κ2) is 5.73. The van der Waals surface area contributed by atoms with Crippen molar-refractivity contribution in [3.63, 3.8) is 0 Å². The Bertz CT molecular complexity index is 985. The van der Waals surface area contributed by atoms with Gasteiger partial charge in [-0.15, -0.1) is 0 Å². The molecule has 0 spiro atoms. The van der Waals surface area contributed by atoms with E-state index in [0.29, 0.717) is 28.8 Å². The lowest BCUT2D eigenvalue weighted by atomic mass is 10.0. The highest BCUT2D eigenvalue weighted by molar-refractivity contribution is 5.78. The third kappa shape index (κ3) is 2.93. The number of hydrogen-bond acceptors (Lipinski definition) is 3. The molecule has 0 radical (unpaired) electrons. The van der Waals surface area contributed by atoms with E-state index in [1.165, 1.54) is 12.3 Å². The molecule has 130 valence electrons. The number of benzene rings is 1. The molecular formula is C17H15F3N4O. The molecule has 0 saturated carbocycles. The van der Waals surface area contributed by atoms with E-state index in [0.717, 1.165) is 25.1 Å². The Balaban J connectivity index is 1.78. The fourth-order valence-electron chi connectivity index (χ4n) is 2.97. The third-order valence-electron chi connectivity index (χ3n) is 4.48. The highest BCUT2D eigenvalue weighted by Crippen LogP contribution is 2.32. The lowest BCUT2D eigenvalue weighted by molar-refractivity contribution is -0.137. The quantitative estimate of drug-likeness (QED) is 0.765.